The number of amides is 2. The highest BCUT2D eigenvalue weighted by atomic mass is 79.9. The van der Waals surface area contributed by atoms with Gasteiger partial charge in [-0.1, -0.05) is 94.8 Å². The highest BCUT2D eigenvalue weighted by molar-refractivity contribution is 9.10. The van der Waals surface area contributed by atoms with Crippen molar-refractivity contribution in [2.24, 2.45) is 5.10 Å². The average molecular weight is 570 g/mol. The van der Waals surface area contributed by atoms with E-state index in [0.29, 0.717) is 16.9 Å². The van der Waals surface area contributed by atoms with Crippen molar-refractivity contribution in [2.75, 3.05) is 6.54 Å². The summed E-state index contributed by atoms with van der Waals surface area (Å²) in [5.74, 6) is -1.47. The molecule has 4 rings (SSSR count). The van der Waals surface area contributed by atoms with Crippen LogP contribution in [-0.2, 0) is 9.59 Å². The molecule has 0 spiro atoms. The Morgan fingerprint density at radius 1 is 0.816 bits per heavy atom. The summed E-state index contributed by atoms with van der Waals surface area (Å²) in [7, 11) is 0. The maximum atomic E-state index is 13.0. The Hall–Kier alpha value is -4.56. The van der Waals surface area contributed by atoms with E-state index >= 15 is 0 Å². The number of halogens is 1. The van der Waals surface area contributed by atoms with Gasteiger partial charge in [0.1, 0.15) is 5.75 Å². The summed E-state index contributed by atoms with van der Waals surface area (Å²) in [5.41, 5.74) is 5.08. The molecule has 0 unspecified atom stereocenters. The van der Waals surface area contributed by atoms with E-state index < -0.39 is 17.8 Å². The Bertz CT molecular complexity index is 1400. The van der Waals surface area contributed by atoms with Gasteiger partial charge in [-0.2, -0.15) is 5.10 Å². The number of nitrogens with one attached hydrogen (secondary N) is 2. The van der Waals surface area contributed by atoms with Crippen molar-refractivity contribution in [3.8, 4) is 5.75 Å². The molecular formula is C30H24BrN3O4. The number of hydrogen-bond donors (Lipinski definition) is 2. The lowest BCUT2D eigenvalue weighted by Crippen LogP contribution is -2.37. The van der Waals surface area contributed by atoms with Crippen molar-refractivity contribution in [1.29, 1.82) is 0 Å². The van der Waals surface area contributed by atoms with Crippen molar-refractivity contribution < 1.29 is 19.1 Å². The fourth-order valence-electron chi connectivity index (χ4n) is 3.71. The molecule has 0 saturated heterocycles. The molecule has 0 bridgehead atoms. The van der Waals surface area contributed by atoms with Gasteiger partial charge in [0, 0.05) is 4.47 Å². The number of rotatable bonds is 9. The highest BCUT2D eigenvalue weighted by Crippen LogP contribution is 2.24. The molecule has 0 heterocycles. The van der Waals surface area contributed by atoms with Crippen LogP contribution in [-0.4, -0.2) is 30.5 Å². The highest BCUT2D eigenvalue weighted by Gasteiger charge is 2.22. The molecule has 0 aliphatic carbocycles. The summed E-state index contributed by atoms with van der Waals surface area (Å²) in [4.78, 5) is 37.7. The molecule has 4 aromatic rings. The van der Waals surface area contributed by atoms with Crippen LogP contribution in [0.25, 0.3) is 0 Å². The molecule has 2 N–H and O–H groups in total. The first-order chi connectivity index (χ1) is 18.5. The van der Waals surface area contributed by atoms with E-state index in [1.165, 1.54) is 6.21 Å². The fourth-order valence-corrected chi connectivity index (χ4v) is 4.11. The quantitative estimate of drug-likeness (QED) is 0.127. The zero-order valence-corrected chi connectivity index (χ0v) is 21.8. The maximum Gasteiger partial charge on any atom is 0.343 e. The Morgan fingerprint density at radius 2 is 1.47 bits per heavy atom. The van der Waals surface area contributed by atoms with Crippen molar-refractivity contribution >= 4 is 39.9 Å². The van der Waals surface area contributed by atoms with Gasteiger partial charge in [-0.3, -0.25) is 9.59 Å². The smallest absolute Gasteiger partial charge is 0.343 e. The van der Waals surface area contributed by atoms with Crippen molar-refractivity contribution in [2.45, 2.75) is 5.92 Å². The summed E-state index contributed by atoms with van der Waals surface area (Å²) >= 11 is 3.33. The third kappa shape index (κ3) is 7.47. The van der Waals surface area contributed by atoms with Gasteiger partial charge in [-0.15, -0.1) is 0 Å². The van der Waals surface area contributed by atoms with Crippen molar-refractivity contribution in [3.63, 3.8) is 0 Å². The Balaban J connectivity index is 1.32. The first kappa shape index (κ1) is 26.5. The number of esters is 1. The van der Waals surface area contributed by atoms with Crippen LogP contribution >= 0.6 is 15.9 Å². The topological polar surface area (TPSA) is 96.9 Å². The molecule has 0 atom stereocenters. The van der Waals surface area contributed by atoms with Gasteiger partial charge < -0.3 is 10.1 Å². The lowest BCUT2D eigenvalue weighted by Gasteiger charge is -2.17. The Kier molecular flexibility index (Phi) is 9.15. The summed E-state index contributed by atoms with van der Waals surface area (Å²) < 4.78 is 6.20. The summed E-state index contributed by atoms with van der Waals surface area (Å²) in [5, 5.41) is 6.64. The normalized spacial score (nSPS) is 10.8. The van der Waals surface area contributed by atoms with Gasteiger partial charge in [0.25, 0.3) is 5.91 Å². The van der Waals surface area contributed by atoms with Gasteiger partial charge in [-0.05, 0) is 47.0 Å². The van der Waals surface area contributed by atoms with Crippen LogP contribution in [0.4, 0.5) is 0 Å². The Labute approximate surface area is 228 Å². The minimum Gasteiger partial charge on any atom is -0.423 e. The van der Waals surface area contributed by atoms with Gasteiger partial charge in [0.2, 0.25) is 5.91 Å². The molecular weight excluding hydrogens is 546 g/mol. The van der Waals surface area contributed by atoms with Crippen LogP contribution in [0.15, 0.2) is 119 Å². The number of ether oxygens (including phenoxy) is 1. The largest absolute Gasteiger partial charge is 0.423 e. The van der Waals surface area contributed by atoms with E-state index in [9.17, 15) is 14.4 Å². The summed E-state index contributed by atoms with van der Waals surface area (Å²) in [6.07, 6.45) is 1.42. The molecule has 0 saturated carbocycles. The average Bonchev–Trinajstić information content (AvgIpc) is 2.93. The van der Waals surface area contributed by atoms with E-state index in [4.69, 9.17) is 4.74 Å². The van der Waals surface area contributed by atoms with E-state index in [2.05, 4.69) is 31.8 Å². The van der Waals surface area contributed by atoms with Gasteiger partial charge in [0.15, 0.2) is 0 Å². The number of benzene rings is 4. The zero-order chi connectivity index (χ0) is 26.7. The third-order valence-electron chi connectivity index (χ3n) is 5.48. The minimum absolute atomic E-state index is 0.239. The number of nitrogens with zero attached hydrogens (tertiary/aromatic N) is 1. The summed E-state index contributed by atoms with van der Waals surface area (Å²) in [6.45, 7) is -0.239. The fraction of sp³-hybridized carbons (Fsp3) is 0.0667. The van der Waals surface area contributed by atoms with Crippen molar-refractivity contribution in [1.82, 2.24) is 10.7 Å². The van der Waals surface area contributed by atoms with Crippen LogP contribution in [0.2, 0.25) is 0 Å². The zero-order valence-electron chi connectivity index (χ0n) is 20.2. The van der Waals surface area contributed by atoms with Crippen LogP contribution in [0.3, 0.4) is 0 Å². The second-order valence-corrected chi connectivity index (χ2v) is 9.15. The molecule has 0 aliphatic heterocycles. The van der Waals surface area contributed by atoms with Gasteiger partial charge in [-0.25, -0.2) is 10.2 Å². The molecule has 0 radical (unpaired) electrons. The first-order valence-corrected chi connectivity index (χ1v) is 12.6. The van der Waals surface area contributed by atoms with Gasteiger partial charge >= 0.3 is 5.97 Å². The number of carbonyl (C=O) groups excluding carboxylic acids is 3. The molecule has 0 fully saturated rings. The van der Waals surface area contributed by atoms with E-state index in [-0.39, 0.29) is 12.5 Å². The molecule has 0 aromatic heterocycles. The third-order valence-corrected chi connectivity index (χ3v) is 5.98. The second kappa shape index (κ2) is 13.1. The minimum atomic E-state index is -0.545. The summed E-state index contributed by atoms with van der Waals surface area (Å²) in [6, 6.07) is 32.4. The molecule has 2 amide bonds. The number of hydrogen-bond acceptors (Lipinski definition) is 5. The first-order valence-electron chi connectivity index (χ1n) is 11.8. The van der Waals surface area contributed by atoms with Crippen LogP contribution in [0.1, 0.15) is 33.0 Å². The van der Waals surface area contributed by atoms with E-state index in [1.54, 1.807) is 42.5 Å². The van der Waals surface area contributed by atoms with Crippen LogP contribution < -0.4 is 15.5 Å². The predicted molar refractivity (Wildman–Crippen MR) is 149 cm³/mol. The second-order valence-electron chi connectivity index (χ2n) is 8.24. The van der Waals surface area contributed by atoms with Gasteiger partial charge in [0.05, 0.1) is 24.2 Å². The molecule has 8 heteroatoms. The standard InChI is InChI=1S/C30H24BrN3O4/c31-25-15-8-14-24(18-25)30(37)38-26-16-7-9-21(17-26)19-33-34-27(35)20-32-29(36)28(22-10-3-1-4-11-22)23-12-5-2-6-13-23/h1-19,28H,20H2,(H,32,36)(H,34,35)/b33-19+. The maximum absolute atomic E-state index is 13.0. The molecule has 7 nitrogen and oxygen atoms in total. The SMILES string of the molecule is O=C(CNC(=O)C(c1ccccc1)c1ccccc1)N/N=C/c1cccc(OC(=O)c2cccc(Br)c2)c1. The van der Waals surface area contributed by atoms with E-state index in [0.717, 1.165) is 15.6 Å². The number of carbonyl (C=O) groups is 3. The molecule has 4 aromatic carbocycles. The predicted octanol–water partition coefficient (Wildman–Crippen LogP) is 5.07. The van der Waals surface area contributed by atoms with Crippen LogP contribution in [0.5, 0.6) is 5.75 Å². The molecule has 38 heavy (non-hydrogen) atoms. The lowest BCUT2D eigenvalue weighted by atomic mass is 9.90. The van der Waals surface area contributed by atoms with Crippen LogP contribution in [0, 0.1) is 0 Å². The lowest BCUT2D eigenvalue weighted by molar-refractivity contribution is -0.126. The van der Waals surface area contributed by atoms with Crippen molar-refractivity contribution in [3.05, 3.63) is 136 Å². The molecule has 0 aliphatic rings. The number of hydrazone groups is 1. The monoisotopic (exact) mass is 569 g/mol. The van der Waals surface area contributed by atoms with E-state index in [1.807, 2.05) is 66.7 Å². The molecule has 190 valence electrons. The Morgan fingerprint density at radius 3 is 2.13 bits per heavy atom.